The molecule has 0 radical (unpaired) electrons. The Balaban J connectivity index is 1.82. The molecule has 1 aliphatic heterocycles. The highest BCUT2D eigenvalue weighted by Crippen LogP contribution is 2.58. The Morgan fingerprint density at radius 1 is 1.38 bits per heavy atom. The van der Waals surface area contributed by atoms with Gasteiger partial charge < -0.3 is 5.11 Å². The van der Waals surface area contributed by atoms with E-state index < -0.39 is 0 Å². The van der Waals surface area contributed by atoms with Crippen molar-refractivity contribution in [2.75, 3.05) is 11.5 Å². The second kappa shape index (κ2) is 3.92. The molecule has 2 saturated carbocycles. The Morgan fingerprint density at radius 3 is 2.75 bits per heavy atom. The van der Waals surface area contributed by atoms with Crippen LogP contribution < -0.4 is 0 Å². The minimum Gasteiger partial charge on any atom is -0.391 e. The summed E-state index contributed by atoms with van der Waals surface area (Å²) in [5.74, 6) is 3.82. The van der Waals surface area contributed by atoms with Crippen LogP contribution in [0.2, 0.25) is 0 Å². The van der Waals surface area contributed by atoms with Crippen LogP contribution in [0, 0.1) is 34.5 Å². The fourth-order valence-electron chi connectivity index (χ4n) is 4.16. The molecule has 3 heteroatoms. The van der Waals surface area contributed by atoms with Crippen molar-refractivity contribution in [3.8, 4) is 6.07 Å². The average molecular weight is 237 g/mol. The molecule has 5 unspecified atom stereocenters. The maximum absolute atomic E-state index is 10.6. The summed E-state index contributed by atoms with van der Waals surface area (Å²) in [7, 11) is 0. The summed E-state index contributed by atoms with van der Waals surface area (Å²) in [6, 6.07) is 2.53. The Hall–Kier alpha value is -0.200. The zero-order valence-electron chi connectivity index (χ0n) is 9.56. The van der Waals surface area contributed by atoms with E-state index in [1.807, 2.05) is 11.8 Å². The Bertz CT molecular complexity index is 320. The van der Waals surface area contributed by atoms with Crippen LogP contribution in [0.15, 0.2) is 0 Å². The molecular weight excluding hydrogens is 218 g/mol. The van der Waals surface area contributed by atoms with Crippen LogP contribution in [0.25, 0.3) is 0 Å². The molecule has 5 atom stereocenters. The topological polar surface area (TPSA) is 44.0 Å². The smallest absolute Gasteiger partial charge is 0.0866 e. The normalized spacial score (nSPS) is 48.1. The first-order valence-electron chi connectivity index (χ1n) is 6.43. The summed E-state index contributed by atoms with van der Waals surface area (Å²) in [4.78, 5) is 0. The van der Waals surface area contributed by atoms with Crippen molar-refractivity contribution < 1.29 is 5.11 Å². The zero-order chi connectivity index (χ0) is 11.2. The van der Waals surface area contributed by atoms with Gasteiger partial charge in [-0.05, 0) is 54.9 Å². The largest absolute Gasteiger partial charge is 0.391 e. The molecule has 2 aliphatic carbocycles. The molecule has 2 bridgehead atoms. The first kappa shape index (κ1) is 10.9. The maximum atomic E-state index is 10.6. The molecule has 3 aliphatic rings. The van der Waals surface area contributed by atoms with Gasteiger partial charge in [-0.2, -0.15) is 17.0 Å². The first-order chi connectivity index (χ1) is 7.76. The monoisotopic (exact) mass is 237 g/mol. The predicted octanol–water partition coefficient (Wildman–Crippen LogP) is 2.43. The van der Waals surface area contributed by atoms with E-state index in [-0.39, 0.29) is 11.5 Å². The van der Waals surface area contributed by atoms with E-state index in [1.165, 1.54) is 19.3 Å². The summed E-state index contributed by atoms with van der Waals surface area (Å²) < 4.78 is 0. The van der Waals surface area contributed by atoms with Crippen LogP contribution in [-0.4, -0.2) is 22.7 Å². The summed E-state index contributed by atoms with van der Waals surface area (Å²) >= 11 is 1.93. The highest BCUT2D eigenvalue weighted by molar-refractivity contribution is 7.99. The minimum atomic E-state index is -0.377. The number of aliphatic hydroxyl groups excluding tert-OH is 1. The lowest BCUT2D eigenvalue weighted by molar-refractivity contribution is -0.0103. The zero-order valence-corrected chi connectivity index (χ0v) is 10.4. The van der Waals surface area contributed by atoms with Gasteiger partial charge in [-0.15, -0.1) is 0 Å². The number of aliphatic hydroxyl groups is 1. The Kier molecular flexibility index (Phi) is 2.68. The van der Waals surface area contributed by atoms with E-state index in [0.717, 1.165) is 30.3 Å². The average Bonchev–Trinajstić information content (AvgIpc) is 3.03. The van der Waals surface area contributed by atoms with Crippen molar-refractivity contribution >= 4 is 11.8 Å². The van der Waals surface area contributed by atoms with Crippen molar-refractivity contribution in [2.24, 2.45) is 23.2 Å². The van der Waals surface area contributed by atoms with E-state index in [0.29, 0.717) is 11.8 Å². The number of thioether (sulfide) groups is 1. The molecule has 0 aromatic heterocycles. The maximum Gasteiger partial charge on any atom is 0.0866 e. The van der Waals surface area contributed by atoms with Gasteiger partial charge in [-0.3, -0.25) is 0 Å². The fraction of sp³-hybridized carbons (Fsp3) is 0.923. The SMILES string of the molecule is N#CC1(C(O)C2CCSC2)CC2CCC1C2. The van der Waals surface area contributed by atoms with Crippen molar-refractivity contribution in [2.45, 2.75) is 38.2 Å². The Morgan fingerprint density at radius 2 is 2.25 bits per heavy atom. The van der Waals surface area contributed by atoms with Gasteiger partial charge in [-0.1, -0.05) is 6.42 Å². The lowest BCUT2D eigenvalue weighted by atomic mass is 9.67. The van der Waals surface area contributed by atoms with Crippen LogP contribution >= 0.6 is 11.8 Å². The van der Waals surface area contributed by atoms with E-state index >= 15 is 0 Å². The van der Waals surface area contributed by atoms with Crippen LogP contribution in [0.4, 0.5) is 0 Å². The molecule has 3 rings (SSSR count). The van der Waals surface area contributed by atoms with E-state index in [9.17, 15) is 10.4 Å². The van der Waals surface area contributed by atoms with Gasteiger partial charge in [0.1, 0.15) is 0 Å². The van der Waals surface area contributed by atoms with Crippen LogP contribution in [0.1, 0.15) is 32.1 Å². The van der Waals surface area contributed by atoms with Gasteiger partial charge in [0, 0.05) is 0 Å². The third-order valence-electron chi connectivity index (χ3n) is 5.04. The van der Waals surface area contributed by atoms with Gasteiger partial charge in [0.2, 0.25) is 0 Å². The lowest BCUT2D eigenvalue weighted by Gasteiger charge is -2.38. The summed E-state index contributed by atoms with van der Waals surface area (Å²) in [5.41, 5.74) is -0.377. The van der Waals surface area contributed by atoms with E-state index in [2.05, 4.69) is 6.07 Å². The molecule has 0 spiro atoms. The summed E-state index contributed by atoms with van der Waals surface area (Å²) in [6.07, 6.45) is 5.38. The number of nitriles is 1. The van der Waals surface area contributed by atoms with Crippen LogP contribution in [-0.2, 0) is 0 Å². The van der Waals surface area contributed by atoms with Gasteiger partial charge in [0.25, 0.3) is 0 Å². The number of rotatable bonds is 2. The molecule has 1 saturated heterocycles. The van der Waals surface area contributed by atoms with Crippen molar-refractivity contribution in [3.63, 3.8) is 0 Å². The van der Waals surface area contributed by atoms with Gasteiger partial charge in [0.05, 0.1) is 17.6 Å². The first-order valence-corrected chi connectivity index (χ1v) is 7.59. The molecule has 0 aromatic rings. The van der Waals surface area contributed by atoms with Gasteiger partial charge in [0.15, 0.2) is 0 Å². The summed E-state index contributed by atoms with van der Waals surface area (Å²) in [6.45, 7) is 0. The molecule has 88 valence electrons. The molecule has 16 heavy (non-hydrogen) atoms. The van der Waals surface area contributed by atoms with Gasteiger partial charge >= 0.3 is 0 Å². The van der Waals surface area contributed by atoms with Gasteiger partial charge in [-0.25, -0.2) is 0 Å². The number of hydrogen-bond donors (Lipinski definition) is 1. The highest BCUT2D eigenvalue weighted by atomic mass is 32.2. The molecule has 3 fully saturated rings. The molecule has 0 aromatic carbocycles. The molecule has 2 nitrogen and oxygen atoms in total. The molecular formula is C13H19NOS. The number of fused-ring (bicyclic) bond motifs is 2. The predicted molar refractivity (Wildman–Crippen MR) is 64.9 cm³/mol. The second-order valence-electron chi connectivity index (χ2n) is 5.80. The van der Waals surface area contributed by atoms with Crippen LogP contribution in [0.5, 0.6) is 0 Å². The summed E-state index contributed by atoms with van der Waals surface area (Å²) in [5, 5.41) is 20.1. The third kappa shape index (κ3) is 1.43. The van der Waals surface area contributed by atoms with E-state index in [4.69, 9.17) is 0 Å². The van der Waals surface area contributed by atoms with Crippen molar-refractivity contribution in [1.82, 2.24) is 0 Å². The standard InChI is InChI=1S/C13H19NOS/c14-8-13(6-9-1-2-11(13)5-9)12(15)10-3-4-16-7-10/h9-12,15H,1-7H2. The third-order valence-corrected chi connectivity index (χ3v) is 6.23. The minimum absolute atomic E-state index is 0.359. The lowest BCUT2D eigenvalue weighted by Crippen LogP contribution is -2.43. The second-order valence-corrected chi connectivity index (χ2v) is 6.95. The Labute approximate surface area is 101 Å². The van der Waals surface area contributed by atoms with Crippen LogP contribution in [0.3, 0.4) is 0 Å². The van der Waals surface area contributed by atoms with Crippen molar-refractivity contribution in [3.05, 3.63) is 0 Å². The fourth-order valence-corrected chi connectivity index (χ4v) is 5.45. The van der Waals surface area contributed by atoms with Crippen molar-refractivity contribution in [1.29, 1.82) is 5.26 Å². The molecule has 1 heterocycles. The number of hydrogen-bond acceptors (Lipinski definition) is 3. The van der Waals surface area contributed by atoms with E-state index in [1.54, 1.807) is 0 Å². The highest BCUT2D eigenvalue weighted by Gasteiger charge is 2.57. The molecule has 1 N–H and O–H groups in total. The number of nitrogens with zero attached hydrogens (tertiary/aromatic N) is 1. The quantitative estimate of drug-likeness (QED) is 0.802. The molecule has 0 amide bonds.